The second-order valence-electron chi connectivity index (χ2n) is 5.71. The molecule has 1 aromatic heterocycles. The number of hydrogen-bond donors (Lipinski definition) is 0. The first kappa shape index (κ1) is 13.0. The minimum Gasteiger partial charge on any atom is -0.232 e. The van der Waals surface area contributed by atoms with Crippen LogP contribution in [0.4, 0.5) is 0 Å². The average Bonchev–Trinajstić information content (AvgIpc) is 3.34. The summed E-state index contributed by atoms with van der Waals surface area (Å²) in [7, 11) is 0. The maximum Gasteiger partial charge on any atom is 0.161 e. The molecule has 2 saturated carbocycles. The van der Waals surface area contributed by atoms with Crippen LogP contribution < -0.4 is 0 Å². The Balaban J connectivity index is 1.73. The molecule has 2 aliphatic carbocycles. The molecule has 4 rings (SSSR count). The van der Waals surface area contributed by atoms with E-state index in [0.29, 0.717) is 11.1 Å². The second-order valence-corrected chi connectivity index (χ2v) is 7.14. The van der Waals surface area contributed by atoms with Crippen LogP contribution in [0.3, 0.4) is 0 Å². The third-order valence-corrected chi connectivity index (χ3v) is 5.67. The van der Waals surface area contributed by atoms with Crippen LogP contribution in [0.15, 0.2) is 24.3 Å². The van der Waals surface area contributed by atoms with E-state index in [1.54, 1.807) is 0 Å². The molecule has 4 heteroatoms. The van der Waals surface area contributed by atoms with Crippen molar-refractivity contribution in [3.8, 4) is 11.4 Å². The maximum absolute atomic E-state index is 6.27. The van der Waals surface area contributed by atoms with Crippen LogP contribution >= 0.6 is 34.2 Å². The number of rotatable bonds is 3. The van der Waals surface area contributed by atoms with Crippen LogP contribution in [0.25, 0.3) is 11.4 Å². The molecule has 2 aliphatic rings. The van der Waals surface area contributed by atoms with Gasteiger partial charge in [-0.2, -0.15) is 0 Å². The molecule has 0 radical (unpaired) electrons. The molecular weight excluding hydrogens is 383 g/mol. The van der Waals surface area contributed by atoms with Gasteiger partial charge in [0.15, 0.2) is 5.82 Å². The van der Waals surface area contributed by atoms with Crippen LogP contribution in [-0.4, -0.2) is 9.97 Å². The largest absolute Gasteiger partial charge is 0.232 e. The highest BCUT2D eigenvalue weighted by molar-refractivity contribution is 14.1. The van der Waals surface area contributed by atoms with Crippen molar-refractivity contribution >= 4 is 34.2 Å². The summed E-state index contributed by atoms with van der Waals surface area (Å²) in [6.45, 7) is 0. The zero-order valence-electron chi connectivity index (χ0n) is 10.9. The fourth-order valence-corrected chi connectivity index (χ4v) is 3.37. The summed E-state index contributed by atoms with van der Waals surface area (Å²) in [4.78, 5) is 9.20. The van der Waals surface area contributed by atoms with Gasteiger partial charge in [-0.3, -0.25) is 0 Å². The van der Waals surface area contributed by atoms with Gasteiger partial charge in [0, 0.05) is 11.5 Å². The van der Waals surface area contributed by atoms with Crippen LogP contribution in [0.2, 0.25) is 5.15 Å². The molecule has 20 heavy (non-hydrogen) atoms. The third-order valence-electron chi connectivity index (χ3n) is 4.02. The van der Waals surface area contributed by atoms with Gasteiger partial charge >= 0.3 is 0 Å². The Bertz CT molecular complexity index is 661. The highest BCUT2D eigenvalue weighted by atomic mass is 127. The molecule has 0 N–H and O–H groups in total. The lowest BCUT2D eigenvalue weighted by Crippen LogP contribution is -1.99. The number of nitrogens with zero attached hydrogens (tertiary/aromatic N) is 2. The number of hydrogen-bond acceptors (Lipinski definition) is 2. The highest BCUT2D eigenvalue weighted by Crippen LogP contribution is 2.43. The minimum atomic E-state index is 0.587. The van der Waals surface area contributed by atoms with E-state index in [4.69, 9.17) is 16.6 Å². The van der Waals surface area contributed by atoms with Gasteiger partial charge in [-0.1, -0.05) is 35.9 Å². The van der Waals surface area contributed by atoms with Gasteiger partial charge in [0.05, 0.1) is 9.26 Å². The maximum atomic E-state index is 6.27. The molecule has 102 valence electrons. The molecule has 0 unspecified atom stereocenters. The Kier molecular flexibility index (Phi) is 3.22. The Morgan fingerprint density at radius 2 is 1.60 bits per heavy atom. The Morgan fingerprint density at radius 1 is 0.950 bits per heavy atom. The first-order valence-corrected chi connectivity index (χ1v) is 8.51. The van der Waals surface area contributed by atoms with Gasteiger partial charge in [0.2, 0.25) is 0 Å². The van der Waals surface area contributed by atoms with E-state index in [0.717, 1.165) is 26.6 Å². The van der Waals surface area contributed by atoms with Gasteiger partial charge < -0.3 is 0 Å². The van der Waals surface area contributed by atoms with E-state index in [2.05, 4.69) is 51.8 Å². The summed E-state index contributed by atoms with van der Waals surface area (Å²) >= 11 is 8.54. The highest BCUT2D eigenvalue weighted by Gasteiger charge is 2.29. The summed E-state index contributed by atoms with van der Waals surface area (Å²) in [5.41, 5.74) is 3.63. The summed E-state index contributed by atoms with van der Waals surface area (Å²) in [6.07, 6.45) is 5.11. The number of aromatic nitrogens is 2. The van der Waals surface area contributed by atoms with Crippen molar-refractivity contribution in [2.75, 3.05) is 0 Å². The van der Waals surface area contributed by atoms with E-state index >= 15 is 0 Å². The summed E-state index contributed by atoms with van der Waals surface area (Å²) in [5, 5.41) is 0.587. The quantitative estimate of drug-likeness (QED) is 0.529. The first-order valence-electron chi connectivity index (χ1n) is 7.05. The van der Waals surface area contributed by atoms with Crippen LogP contribution in [-0.2, 0) is 0 Å². The molecule has 2 fully saturated rings. The van der Waals surface area contributed by atoms with Crippen LogP contribution in [0, 0.1) is 3.57 Å². The fraction of sp³-hybridized carbons (Fsp3) is 0.375. The molecule has 0 atom stereocenters. The molecule has 0 aliphatic heterocycles. The monoisotopic (exact) mass is 396 g/mol. The van der Waals surface area contributed by atoms with Crippen molar-refractivity contribution in [2.45, 2.75) is 37.5 Å². The van der Waals surface area contributed by atoms with Crippen LogP contribution in [0.1, 0.15) is 48.8 Å². The molecule has 0 spiro atoms. The second kappa shape index (κ2) is 4.95. The fourth-order valence-electron chi connectivity index (χ4n) is 2.51. The van der Waals surface area contributed by atoms with Gasteiger partial charge in [-0.15, -0.1) is 0 Å². The normalized spacial score (nSPS) is 18.3. The van der Waals surface area contributed by atoms with Crippen molar-refractivity contribution in [1.82, 2.24) is 9.97 Å². The molecule has 0 bridgehead atoms. The Hall–Kier alpha value is -0.680. The first-order chi connectivity index (χ1) is 9.72. The van der Waals surface area contributed by atoms with Crippen LogP contribution in [0.5, 0.6) is 0 Å². The van der Waals surface area contributed by atoms with Gasteiger partial charge in [-0.25, -0.2) is 9.97 Å². The third kappa shape index (κ3) is 2.46. The molecular formula is C16H14ClIN2. The lowest BCUT2D eigenvalue weighted by atomic mass is 10.1. The van der Waals surface area contributed by atoms with E-state index in [-0.39, 0.29) is 0 Å². The van der Waals surface area contributed by atoms with Gasteiger partial charge in [0.25, 0.3) is 0 Å². The van der Waals surface area contributed by atoms with Crippen molar-refractivity contribution in [3.63, 3.8) is 0 Å². The van der Waals surface area contributed by atoms with Crippen molar-refractivity contribution in [2.24, 2.45) is 0 Å². The number of benzene rings is 1. The van der Waals surface area contributed by atoms with Gasteiger partial charge in [-0.05, 0) is 59.8 Å². The summed E-state index contributed by atoms with van der Waals surface area (Å²) in [5.74, 6) is 2.14. The lowest BCUT2D eigenvalue weighted by molar-refractivity contribution is 0.977. The molecule has 1 heterocycles. The molecule has 0 amide bonds. The molecule has 2 aromatic rings. The lowest BCUT2D eigenvalue weighted by Gasteiger charge is -2.08. The zero-order valence-corrected chi connectivity index (χ0v) is 13.9. The van der Waals surface area contributed by atoms with E-state index in [1.807, 2.05) is 0 Å². The SMILES string of the molecule is Clc1nc(-c2ccc(C3CC3)cc2)nc(C2CC2)c1I. The minimum absolute atomic E-state index is 0.587. The smallest absolute Gasteiger partial charge is 0.161 e. The Morgan fingerprint density at radius 3 is 2.20 bits per heavy atom. The van der Waals surface area contributed by atoms with E-state index in [9.17, 15) is 0 Å². The topological polar surface area (TPSA) is 25.8 Å². The predicted octanol–water partition coefficient (Wildman–Crippen LogP) is 5.16. The van der Waals surface area contributed by atoms with Gasteiger partial charge in [0.1, 0.15) is 5.15 Å². The summed E-state index contributed by atoms with van der Waals surface area (Å²) in [6, 6.07) is 8.67. The summed E-state index contributed by atoms with van der Waals surface area (Å²) < 4.78 is 1.02. The van der Waals surface area contributed by atoms with E-state index in [1.165, 1.54) is 31.2 Å². The van der Waals surface area contributed by atoms with E-state index < -0.39 is 0 Å². The van der Waals surface area contributed by atoms with Crippen molar-refractivity contribution in [1.29, 1.82) is 0 Å². The average molecular weight is 397 g/mol. The predicted molar refractivity (Wildman–Crippen MR) is 89.1 cm³/mol. The molecule has 2 nitrogen and oxygen atoms in total. The standard InChI is InChI=1S/C16H14ClIN2/c17-15-13(18)14(11-5-6-11)19-16(20-15)12-7-3-10(4-8-12)9-1-2-9/h3-4,7-9,11H,1-2,5-6H2. The number of halogens is 2. The van der Waals surface area contributed by atoms with Crippen molar-refractivity contribution < 1.29 is 0 Å². The molecule has 0 saturated heterocycles. The van der Waals surface area contributed by atoms with Crippen molar-refractivity contribution in [3.05, 3.63) is 44.2 Å². The molecule has 1 aromatic carbocycles. The Labute approximate surface area is 137 Å². The zero-order chi connectivity index (χ0) is 13.7.